The molecule has 0 saturated carbocycles. The number of benzene rings is 2. The molecule has 2 aromatic carbocycles. The van der Waals surface area contributed by atoms with E-state index in [1.54, 1.807) is 24.3 Å². The highest BCUT2D eigenvalue weighted by atomic mass is 35.5. The van der Waals surface area contributed by atoms with E-state index >= 15 is 0 Å². The van der Waals surface area contributed by atoms with Gasteiger partial charge in [0.1, 0.15) is 5.75 Å². The fourth-order valence-corrected chi connectivity index (χ4v) is 1.91. The van der Waals surface area contributed by atoms with Crippen molar-refractivity contribution in [2.24, 2.45) is 0 Å². The Bertz CT molecular complexity index is 564. The third-order valence-corrected chi connectivity index (χ3v) is 2.72. The quantitative estimate of drug-likeness (QED) is 0.606. The highest BCUT2D eigenvalue weighted by Crippen LogP contribution is 2.39. The zero-order chi connectivity index (χ0) is 13.1. The minimum absolute atomic E-state index is 0.0954. The summed E-state index contributed by atoms with van der Waals surface area (Å²) in [7, 11) is 0. The molecule has 0 aliphatic rings. The monoisotopic (exact) mass is 283 g/mol. The molecule has 0 saturated heterocycles. The van der Waals surface area contributed by atoms with E-state index in [-0.39, 0.29) is 21.5 Å². The largest absolute Gasteiger partial charge is 0.454 e. The number of halogens is 2. The average molecular weight is 284 g/mol. The molecule has 0 aliphatic carbocycles. The number of hydrogen-bond donors (Lipinski definition) is 0. The van der Waals surface area contributed by atoms with E-state index in [0.717, 1.165) is 0 Å². The number of hydrogen-bond acceptors (Lipinski definition) is 3. The topological polar surface area (TPSA) is 52.4 Å². The Morgan fingerprint density at radius 3 is 2.11 bits per heavy atom. The Hall–Kier alpha value is -1.78. The first-order valence-corrected chi connectivity index (χ1v) is 5.70. The second kappa shape index (κ2) is 5.25. The van der Waals surface area contributed by atoms with Gasteiger partial charge in [0.15, 0.2) is 5.75 Å². The number of nitro groups is 1. The van der Waals surface area contributed by atoms with Gasteiger partial charge < -0.3 is 4.74 Å². The van der Waals surface area contributed by atoms with Crippen LogP contribution in [0.2, 0.25) is 10.0 Å². The molecule has 0 N–H and O–H groups in total. The first-order chi connectivity index (χ1) is 8.58. The zero-order valence-corrected chi connectivity index (χ0v) is 10.5. The molecule has 0 fully saturated rings. The summed E-state index contributed by atoms with van der Waals surface area (Å²) >= 11 is 11.8. The van der Waals surface area contributed by atoms with E-state index < -0.39 is 4.92 Å². The first-order valence-electron chi connectivity index (χ1n) is 4.94. The van der Waals surface area contributed by atoms with Gasteiger partial charge in [-0.25, -0.2) is 0 Å². The number of non-ortho nitro benzene ring substituents is 1. The molecule has 2 aromatic rings. The molecule has 92 valence electrons. The number of nitrogens with zero attached hydrogens (tertiary/aromatic N) is 1. The molecule has 0 radical (unpaired) electrons. The van der Waals surface area contributed by atoms with Gasteiger partial charge in [0.05, 0.1) is 15.0 Å². The van der Waals surface area contributed by atoms with Crippen molar-refractivity contribution in [3.8, 4) is 11.5 Å². The van der Waals surface area contributed by atoms with Crippen LogP contribution in [0.3, 0.4) is 0 Å². The second-order valence-electron chi connectivity index (χ2n) is 3.41. The fraction of sp³-hybridized carbons (Fsp3) is 0. The standard InChI is InChI=1S/C12H7Cl2NO3/c13-10-6-8(15(16)17)7-11(14)12(10)18-9-4-2-1-3-5-9/h1-7H. The Labute approximate surface area is 113 Å². The molecule has 0 unspecified atom stereocenters. The lowest BCUT2D eigenvalue weighted by Gasteiger charge is -2.09. The third kappa shape index (κ3) is 2.72. The highest BCUT2D eigenvalue weighted by Gasteiger charge is 2.16. The van der Waals surface area contributed by atoms with Crippen molar-refractivity contribution < 1.29 is 9.66 Å². The third-order valence-electron chi connectivity index (χ3n) is 2.16. The molecule has 2 rings (SSSR count). The minimum Gasteiger partial charge on any atom is -0.454 e. The van der Waals surface area contributed by atoms with Crippen molar-refractivity contribution in [2.45, 2.75) is 0 Å². The van der Waals surface area contributed by atoms with Crippen molar-refractivity contribution >= 4 is 28.9 Å². The van der Waals surface area contributed by atoms with Crippen LogP contribution in [0.15, 0.2) is 42.5 Å². The van der Waals surface area contributed by atoms with Gasteiger partial charge in [-0.05, 0) is 12.1 Å². The lowest BCUT2D eigenvalue weighted by atomic mass is 10.3. The second-order valence-corrected chi connectivity index (χ2v) is 4.23. The summed E-state index contributed by atoms with van der Waals surface area (Å²) < 4.78 is 5.49. The number of ether oxygens (including phenoxy) is 1. The van der Waals surface area contributed by atoms with Crippen molar-refractivity contribution in [3.63, 3.8) is 0 Å². The maximum Gasteiger partial charge on any atom is 0.272 e. The van der Waals surface area contributed by atoms with Gasteiger partial charge in [0, 0.05) is 12.1 Å². The number of para-hydroxylation sites is 1. The summed E-state index contributed by atoms with van der Waals surface area (Å²) in [6.07, 6.45) is 0. The molecule has 0 aromatic heterocycles. The summed E-state index contributed by atoms with van der Waals surface area (Å²) in [5, 5.41) is 10.8. The Morgan fingerprint density at radius 2 is 1.61 bits per heavy atom. The van der Waals surface area contributed by atoms with Crippen LogP contribution in [0.4, 0.5) is 5.69 Å². The zero-order valence-electron chi connectivity index (χ0n) is 8.97. The van der Waals surface area contributed by atoms with Gasteiger partial charge in [-0.2, -0.15) is 0 Å². The molecule has 0 amide bonds. The summed E-state index contributed by atoms with van der Waals surface area (Å²) in [6, 6.07) is 11.3. The van der Waals surface area contributed by atoms with E-state index in [4.69, 9.17) is 27.9 Å². The number of rotatable bonds is 3. The average Bonchev–Trinajstić information content (AvgIpc) is 2.34. The summed E-state index contributed by atoms with van der Waals surface area (Å²) in [6.45, 7) is 0. The maximum absolute atomic E-state index is 10.6. The first kappa shape index (κ1) is 12.7. The van der Waals surface area contributed by atoms with Crippen LogP contribution in [-0.2, 0) is 0 Å². The minimum atomic E-state index is -0.565. The normalized spacial score (nSPS) is 10.1. The predicted octanol–water partition coefficient (Wildman–Crippen LogP) is 4.69. The van der Waals surface area contributed by atoms with Crippen molar-refractivity contribution in [3.05, 3.63) is 62.6 Å². The SMILES string of the molecule is O=[N+]([O-])c1cc(Cl)c(Oc2ccccc2)c(Cl)c1. The summed E-state index contributed by atoms with van der Waals surface area (Å²) in [4.78, 5) is 10.1. The molecule has 4 nitrogen and oxygen atoms in total. The smallest absolute Gasteiger partial charge is 0.272 e. The van der Waals surface area contributed by atoms with Crippen molar-refractivity contribution in [1.29, 1.82) is 0 Å². The molecule has 18 heavy (non-hydrogen) atoms. The Morgan fingerprint density at radius 1 is 1.06 bits per heavy atom. The lowest BCUT2D eigenvalue weighted by Crippen LogP contribution is -1.91. The van der Waals surface area contributed by atoms with Gasteiger partial charge in [-0.3, -0.25) is 10.1 Å². The van der Waals surface area contributed by atoms with E-state index in [9.17, 15) is 10.1 Å². The molecular weight excluding hydrogens is 277 g/mol. The van der Waals surface area contributed by atoms with E-state index in [1.165, 1.54) is 12.1 Å². The molecule has 6 heteroatoms. The molecule has 0 bridgehead atoms. The Kier molecular flexibility index (Phi) is 3.69. The van der Waals surface area contributed by atoms with E-state index in [2.05, 4.69) is 0 Å². The fourth-order valence-electron chi connectivity index (χ4n) is 1.36. The van der Waals surface area contributed by atoms with Crippen molar-refractivity contribution in [2.75, 3.05) is 0 Å². The van der Waals surface area contributed by atoms with Crippen LogP contribution in [0, 0.1) is 10.1 Å². The predicted molar refractivity (Wildman–Crippen MR) is 69.6 cm³/mol. The van der Waals surface area contributed by atoms with E-state index in [1.807, 2.05) is 6.07 Å². The van der Waals surface area contributed by atoms with Gasteiger partial charge >= 0.3 is 0 Å². The molecule has 0 spiro atoms. The molecule has 0 aliphatic heterocycles. The van der Waals surface area contributed by atoms with Crippen LogP contribution < -0.4 is 4.74 Å². The lowest BCUT2D eigenvalue weighted by molar-refractivity contribution is -0.384. The summed E-state index contributed by atoms with van der Waals surface area (Å²) in [5.74, 6) is 0.755. The van der Waals surface area contributed by atoms with Crippen LogP contribution in [0.25, 0.3) is 0 Å². The van der Waals surface area contributed by atoms with Gasteiger partial charge in [-0.1, -0.05) is 41.4 Å². The van der Waals surface area contributed by atoms with Crippen LogP contribution in [-0.4, -0.2) is 4.92 Å². The highest BCUT2D eigenvalue weighted by molar-refractivity contribution is 6.37. The van der Waals surface area contributed by atoms with E-state index in [0.29, 0.717) is 5.75 Å². The van der Waals surface area contributed by atoms with Gasteiger partial charge in [-0.15, -0.1) is 0 Å². The van der Waals surface area contributed by atoms with Gasteiger partial charge in [0.2, 0.25) is 0 Å². The number of nitro benzene ring substituents is 1. The molecular formula is C12H7Cl2NO3. The maximum atomic E-state index is 10.6. The van der Waals surface area contributed by atoms with Gasteiger partial charge in [0.25, 0.3) is 5.69 Å². The van der Waals surface area contributed by atoms with Crippen LogP contribution in [0.1, 0.15) is 0 Å². The molecule has 0 heterocycles. The Balaban J connectivity index is 2.37. The molecule has 0 atom stereocenters. The van der Waals surface area contributed by atoms with Crippen LogP contribution >= 0.6 is 23.2 Å². The summed E-state index contributed by atoms with van der Waals surface area (Å²) in [5.41, 5.74) is -0.176. The van der Waals surface area contributed by atoms with Crippen molar-refractivity contribution in [1.82, 2.24) is 0 Å². The van der Waals surface area contributed by atoms with Crippen LogP contribution in [0.5, 0.6) is 11.5 Å².